The Morgan fingerprint density at radius 1 is 1.04 bits per heavy atom. The molecule has 3 N–H and O–H groups in total. The molecule has 0 spiro atoms. The first kappa shape index (κ1) is 17.2. The number of primary amides is 1. The summed E-state index contributed by atoms with van der Waals surface area (Å²) in [7, 11) is 0. The van der Waals surface area contributed by atoms with Crippen molar-refractivity contribution >= 4 is 5.91 Å². The first-order valence-corrected chi connectivity index (χ1v) is 8.26. The Morgan fingerprint density at radius 2 is 1.74 bits per heavy atom. The highest BCUT2D eigenvalue weighted by atomic mass is 16.1. The van der Waals surface area contributed by atoms with Crippen LogP contribution in [0.4, 0.5) is 0 Å². The van der Waals surface area contributed by atoms with Gasteiger partial charge in [0.15, 0.2) is 0 Å². The number of hydrogen-bond acceptors (Lipinski definition) is 2. The van der Waals surface area contributed by atoms with E-state index in [9.17, 15) is 4.79 Å². The van der Waals surface area contributed by atoms with E-state index in [1.165, 1.54) is 12.0 Å². The maximum atomic E-state index is 11.3. The van der Waals surface area contributed by atoms with Crippen molar-refractivity contribution in [2.45, 2.75) is 26.7 Å². The van der Waals surface area contributed by atoms with Crippen molar-refractivity contribution in [3.05, 3.63) is 59.7 Å². The molecule has 0 heterocycles. The Balaban J connectivity index is 1.99. The summed E-state index contributed by atoms with van der Waals surface area (Å²) in [5, 5.41) is 3.49. The van der Waals surface area contributed by atoms with Crippen molar-refractivity contribution < 1.29 is 4.79 Å². The average Bonchev–Trinajstić information content (AvgIpc) is 2.54. The highest BCUT2D eigenvalue weighted by Crippen LogP contribution is 2.21. The van der Waals surface area contributed by atoms with Crippen LogP contribution in [0.3, 0.4) is 0 Å². The second kappa shape index (κ2) is 8.49. The van der Waals surface area contributed by atoms with E-state index in [4.69, 9.17) is 5.73 Å². The molecule has 0 unspecified atom stereocenters. The lowest BCUT2D eigenvalue weighted by atomic mass is 10.00. The van der Waals surface area contributed by atoms with E-state index in [0.717, 1.165) is 36.6 Å². The SMILES string of the molecule is CC(C)CCNCCc1cccc(-c2cccc(C(N)=O)c2)c1. The Bertz CT molecular complexity index is 650. The lowest BCUT2D eigenvalue weighted by molar-refractivity contribution is 0.100. The second-order valence-corrected chi connectivity index (χ2v) is 6.33. The van der Waals surface area contributed by atoms with Gasteiger partial charge in [0.2, 0.25) is 5.91 Å². The van der Waals surface area contributed by atoms with Crippen molar-refractivity contribution in [3.8, 4) is 11.1 Å². The zero-order valence-corrected chi connectivity index (χ0v) is 14.0. The van der Waals surface area contributed by atoms with Crippen LogP contribution in [0.2, 0.25) is 0 Å². The highest BCUT2D eigenvalue weighted by molar-refractivity contribution is 5.94. The molecule has 0 aromatic heterocycles. The van der Waals surface area contributed by atoms with E-state index in [-0.39, 0.29) is 0 Å². The summed E-state index contributed by atoms with van der Waals surface area (Å²) in [5.74, 6) is 0.348. The number of carbonyl (C=O) groups is 1. The van der Waals surface area contributed by atoms with E-state index in [2.05, 4.69) is 43.4 Å². The molecule has 0 aliphatic heterocycles. The van der Waals surface area contributed by atoms with Crippen molar-refractivity contribution in [2.75, 3.05) is 13.1 Å². The fourth-order valence-corrected chi connectivity index (χ4v) is 2.51. The summed E-state index contributed by atoms with van der Waals surface area (Å²) in [6, 6.07) is 15.9. The summed E-state index contributed by atoms with van der Waals surface area (Å²) in [5.41, 5.74) is 9.34. The van der Waals surface area contributed by atoms with Crippen molar-refractivity contribution in [1.82, 2.24) is 5.32 Å². The molecule has 0 saturated heterocycles. The quantitative estimate of drug-likeness (QED) is 0.732. The first-order chi connectivity index (χ1) is 11.1. The minimum Gasteiger partial charge on any atom is -0.366 e. The normalized spacial score (nSPS) is 10.9. The molecular formula is C20H26N2O. The van der Waals surface area contributed by atoms with E-state index in [1.807, 2.05) is 18.2 Å². The van der Waals surface area contributed by atoms with Gasteiger partial charge in [0.1, 0.15) is 0 Å². The fourth-order valence-electron chi connectivity index (χ4n) is 2.51. The number of benzene rings is 2. The predicted octanol–water partition coefficient (Wildman–Crippen LogP) is 3.63. The smallest absolute Gasteiger partial charge is 0.248 e. The van der Waals surface area contributed by atoms with E-state index < -0.39 is 5.91 Å². The molecule has 3 nitrogen and oxygen atoms in total. The molecule has 1 amide bonds. The molecule has 2 rings (SSSR count). The molecule has 0 bridgehead atoms. The minimum absolute atomic E-state index is 0.391. The third-order valence-electron chi connectivity index (χ3n) is 3.90. The fraction of sp³-hybridized carbons (Fsp3) is 0.350. The number of nitrogens with one attached hydrogen (secondary N) is 1. The van der Waals surface area contributed by atoms with Crippen LogP contribution in [-0.4, -0.2) is 19.0 Å². The summed E-state index contributed by atoms with van der Waals surface area (Å²) in [6.45, 7) is 6.53. The topological polar surface area (TPSA) is 55.1 Å². The van der Waals surface area contributed by atoms with Gasteiger partial charge >= 0.3 is 0 Å². The van der Waals surface area contributed by atoms with Gasteiger partial charge in [0.25, 0.3) is 0 Å². The molecule has 0 aliphatic rings. The Labute approximate surface area is 138 Å². The van der Waals surface area contributed by atoms with Gasteiger partial charge in [-0.25, -0.2) is 0 Å². The Morgan fingerprint density at radius 3 is 2.43 bits per heavy atom. The summed E-state index contributed by atoms with van der Waals surface area (Å²) in [4.78, 5) is 11.3. The van der Waals surface area contributed by atoms with Gasteiger partial charge in [0.05, 0.1) is 0 Å². The third-order valence-corrected chi connectivity index (χ3v) is 3.90. The van der Waals surface area contributed by atoms with Crippen LogP contribution >= 0.6 is 0 Å². The van der Waals surface area contributed by atoms with Crippen LogP contribution in [0.1, 0.15) is 36.2 Å². The number of rotatable bonds is 8. The molecule has 0 atom stereocenters. The number of carbonyl (C=O) groups excluding carboxylic acids is 1. The lowest BCUT2D eigenvalue weighted by Crippen LogP contribution is -2.19. The Hall–Kier alpha value is -2.13. The van der Waals surface area contributed by atoms with Gasteiger partial charge in [-0.3, -0.25) is 4.79 Å². The molecule has 0 radical (unpaired) electrons. The zero-order chi connectivity index (χ0) is 16.7. The highest BCUT2D eigenvalue weighted by Gasteiger charge is 2.04. The number of nitrogens with two attached hydrogens (primary N) is 1. The third kappa shape index (κ3) is 5.53. The largest absolute Gasteiger partial charge is 0.366 e. The second-order valence-electron chi connectivity index (χ2n) is 6.33. The molecule has 0 fully saturated rings. The van der Waals surface area contributed by atoms with Crippen LogP contribution < -0.4 is 11.1 Å². The van der Waals surface area contributed by atoms with Crippen molar-refractivity contribution in [2.24, 2.45) is 11.7 Å². The molecule has 122 valence electrons. The minimum atomic E-state index is -0.391. The molecule has 2 aromatic carbocycles. The van der Waals surface area contributed by atoms with Gasteiger partial charge in [-0.2, -0.15) is 0 Å². The van der Waals surface area contributed by atoms with Gasteiger partial charge in [-0.1, -0.05) is 50.2 Å². The van der Waals surface area contributed by atoms with Gasteiger partial charge in [-0.05, 0) is 60.7 Å². The standard InChI is InChI=1S/C20H26N2O/c1-15(2)9-11-22-12-10-16-5-3-6-17(13-16)18-7-4-8-19(14-18)20(21)23/h3-8,13-15,22H,9-12H2,1-2H3,(H2,21,23). The molecule has 3 heteroatoms. The van der Waals surface area contributed by atoms with Gasteiger partial charge in [0, 0.05) is 5.56 Å². The monoisotopic (exact) mass is 310 g/mol. The summed E-state index contributed by atoms with van der Waals surface area (Å²) >= 11 is 0. The van der Waals surface area contributed by atoms with E-state index >= 15 is 0 Å². The predicted molar refractivity (Wildman–Crippen MR) is 96.4 cm³/mol. The molecule has 23 heavy (non-hydrogen) atoms. The van der Waals surface area contributed by atoms with Crippen LogP contribution in [0, 0.1) is 5.92 Å². The summed E-state index contributed by atoms with van der Waals surface area (Å²) in [6.07, 6.45) is 2.21. The van der Waals surface area contributed by atoms with Crippen molar-refractivity contribution in [3.63, 3.8) is 0 Å². The number of amides is 1. The van der Waals surface area contributed by atoms with Gasteiger partial charge in [-0.15, -0.1) is 0 Å². The molecule has 0 saturated carbocycles. The van der Waals surface area contributed by atoms with Crippen LogP contribution in [0.5, 0.6) is 0 Å². The first-order valence-electron chi connectivity index (χ1n) is 8.26. The maximum Gasteiger partial charge on any atom is 0.248 e. The number of hydrogen-bond donors (Lipinski definition) is 2. The molecular weight excluding hydrogens is 284 g/mol. The van der Waals surface area contributed by atoms with Crippen LogP contribution in [-0.2, 0) is 6.42 Å². The van der Waals surface area contributed by atoms with Crippen LogP contribution in [0.15, 0.2) is 48.5 Å². The average molecular weight is 310 g/mol. The Kier molecular flexibility index (Phi) is 6.36. The zero-order valence-electron chi connectivity index (χ0n) is 14.0. The molecule has 2 aromatic rings. The van der Waals surface area contributed by atoms with E-state index in [0.29, 0.717) is 5.56 Å². The van der Waals surface area contributed by atoms with Gasteiger partial charge < -0.3 is 11.1 Å². The van der Waals surface area contributed by atoms with Crippen LogP contribution in [0.25, 0.3) is 11.1 Å². The maximum absolute atomic E-state index is 11.3. The van der Waals surface area contributed by atoms with E-state index in [1.54, 1.807) is 6.07 Å². The van der Waals surface area contributed by atoms with Crippen molar-refractivity contribution in [1.29, 1.82) is 0 Å². The lowest BCUT2D eigenvalue weighted by Gasteiger charge is -2.09. The summed E-state index contributed by atoms with van der Waals surface area (Å²) < 4.78 is 0. The molecule has 0 aliphatic carbocycles.